The number of esters is 1. The van der Waals surface area contributed by atoms with Crippen LogP contribution in [0, 0.1) is 0 Å². The van der Waals surface area contributed by atoms with E-state index < -0.39 is 23.7 Å². The van der Waals surface area contributed by atoms with Crippen molar-refractivity contribution in [3.63, 3.8) is 0 Å². The van der Waals surface area contributed by atoms with E-state index >= 15 is 0 Å². The molecule has 2 aromatic carbocycles. The number of halogens is 2. The maximum Gasteiger partial charge on any atom is 0.329 e. The average molecular weight is 483 g/mol. The van der Waals surface area contributed by atoms with Gasteiger partial charge in [-0.3, -0.25) is 4.79 Å². The molecule has 1 atom stereocenters. The summed E-state index contributed by atoms with van der Waals surface area (Å²) < 4.78 is 10.7. The summed E-state index contributed by atoms with van der Waals surface area (Å²) in [6, 6.07) is 9.63. The number of phenolic OH excluding ortho intramolecular Hbond substituents is 1. The van der Waals surface area contributed by atoms with E-state index in [0.29, 0.717) is 19.6 Å². The molecule has 0 bridgehead atoms. The topological polar surface area (TPSA) is 102 Å². The Bertz CT molecular complexity index is 924. The molecule has 0 fully saturated rings. The second kappa shape index (κ2) is 12.5. The monoisotopic (exact) mass is 482 g/mol. The molecule has 9 heteroatoms. The van der Waals surface area contributed by atoms with Gasteiger partial charge in [-0.1, -0.05) is 53.5 Å². The molecule has 7 nitrogen and oxygen atoms in total. The summed E-state index contributed by atoms with van der Waals surface area (Å²) in [6.07, 6.45) is 1.69. The van der Waals surface area contributed by atoms with Crippen LogP contribution < -0.4 is 10.5 Å². The zero-order valence-corrected chi connectivity index (χ0v) is 19.7. The number of likely N-dealkylation sites (N-methyl/N-ethyl adjacent to an activating group) is 1. The lowest BCUT2D eigenvalue weighted by atomic mass is 10.0. The average Bonchev–Trinajstić information content (AvgIpc) is 2.79. The second-order valence-corrected chi connectivity index (χ2v) is 7.90. The van der Waals surface area contributed by atoms with Gasteiger partial charge >= 0.3 is 5.97 Å². The van der Waals surface area contributed by atoms with Gasteiger partial charge in [-0.15, -0.1) is 0 Å². The number of hydrogen-bond donors (Lipinski definition) is 2. The zero-order valence-electron chi connectivity index (χ0n) is 18.1. The van der Waals surface area contributed by atoms with Crippen LogP contribution in [0.25, 0.3) is 0 Å². The van der Waals surface area contributed by atoms with Crippen LogP contribution in [0.1, 0.15) is 35.7 Å². The molecule has 174 valence electrons. The number of carbonyl (C=O) groups excluding carboxylic acids is 2. The highest BCUT2D eigenvalue weighted by Crippen LogP contribution is 2.42. The van der Waals surface area contributed by atoms with Gasteiger partial charge in [-0.05, 0) is 37.9 Å². The summed E-state index contributed by atoms with van der Waals surface area (Å²) in [7, 11) is 1.46. The van der Waals surface area contributed by atoms with Gasteiger partial charge < -0.3 is 25.2 Å². The minimum atomic E-state index is -0.908. The molecule has 1 amide bonds. The fourth-order valence-corrected chi connectivity index (χ4v) is 3.66. The van der Waals surface area contributed by atoms with Crippen molar-refractivity contribution in [3.05, 3.63) is 57.6 Å². The number of nitrogens with two attached hydrogens (primary N) is 1. The number of aromatic hydroxyl groups is 1. The van der Waals surface area contributed by atoms with Crippen molar-refractivity contribution in [2.75, 3.05) is 26.8 Å². The molecule has 3 N–H and O–H groups in total. The molecule has 32 heavy (non-hydrogen) atoms. The molecule has 0 spiro atoms. The number of carbonyl (C=O) groups is 2. The van der Waals surface area contributed by atoms with E-state index in [9.17, 15) is 14.7 Å². The van der Waals surface area contributed by atoms with Gasteiger partial charge in [-0.25, -0.2) is 4.79 Å². The number of amides is 1. The third-order valence-electron chi connectivity index (χ3n) is 4.84. The van der Waals surface area contributed by atoms with Crippen LogP contribution in [-0.2, 0) is 16.0 Å². The van der Waals surface area contributed by atoms with Crippen LogP contribution >= 0.6 is 23.2 Å². The Balaban J connectivity index is 2.30. The smallest absolute Gasteiger partial charge is 0.329 e. The molecule has 2 aromatic rings. The lowest BCUT2D eigenvalue weighted by Gasteiger charge is -2.27. The van der Waals surface area contributed by atoms with Crippen LogP contribution in [0.3, 0.4) is 0 Å². The first-order valence-corrected chi connectivity index (χ1v) is 11.1. The third-order valence-corrected chi connectivity index (χ3v) is 5.48. The third kappa shape index (κ3) is 6.51. The number of unbranched alkanes of at least 4 members (excludes halogenated alkanes) is 1. The number of benzene rings is 2. The van der Waals surface area contributed by atoms with Crippen molar-refractivity contribution in [1.82, 2.24) is 4.90 Å². The lowest BCUT2D eigenvalue weighted by Crippen LogP contribution is -2.44. The van der Waals surface area contributed by atoms with Gasteiger partial charge in [0, 0.05) is 13.5 Å². The van der Waals surface area contributed by atoms with Gasteiger partial charge in [0.2, 0.25) is 0 Å². The van der Waals surface area contributed by atoms with Crippen LogP contribution in [0.2, 0.25) is 10.0 Å². The SMILES string of the molecule is CCOC(=O)[C@@H](Cc1ccccc1)N(C)C(=O)c1cc(Cl)c(OCCCCN)c(Cl)c1O. The van der Waals surface area contributed by atoms with Gasteiger partial charge in [-0.2, -0.15) is 0 Å². The Morgan fingerprint density at radius 2 is 1.88 bits per heavy atom. The first-order valence-electron chi connectivity index (χ1n) is 10.3. The quantitative estimate of drug-likeness (QED) is 0.369. The number of hydrogen-bond acceptors (Lipinski definition) is 6. The van der Waals surface area contributed by atoms with Gasteiger partial charge in [0.25, 0.3) is 5.91 Å². The van der Waals surface area contributed by atoms with Crippen molar-refractivity contribution in [3.8, 4) is 11.5 Å². The molecule has 0 saturated heterocycles. The van der Waals surface area contributed by atoms with E-state index in [0.717, 1.165) is 12.0 Å². The minimum Gasteiger partial charge on any atom is -0.505 e. The van der Waals surface area contributed by atoms with E-state index in [-0.39, 0.29) is 34.4 Å². The largest absolute Gasteiger partial charge is 0.505 e. The molecule has 0 aliphatic carbocycles. The Morgan fingerprint density at radius 3 is 2.50 bits per heavy atom. The number of rotatable bonds is 11. The predicted molar refractivity (Wildman–Crippen MR) is 125 cm³/mol. The van der Waals surface area contributed by atoms with E-state index in [1.807, 2.05) is 30.3 Å². The predicted octanol–water partition coefficient (Wildman–Crippen LogP) is 4.06. The lowest BCUT2D eigenvalue weighted by molar-refractivity contribution is -0.148. The highest BCUT2D eigenvalue weighted by molar-refractivity contribution is 6.39. The summed E-state index contributed by atoms with van der Waals surface area (Å²) in [6.45, 7) is 2.70. The Hall–Kier alpha value is -2.48. The molecule has 0 heterocycles. The summed E-state index contributed by atoms with van der Waals surface area (Å²) in [4.78, 5) is 27.0. The van der Waals surface area contributed by atoms with Crippen molar-refractivity contribution in [1.29, 1.82) is 0 Å². The molecule has 0 unspecified atom stereocenters. The summed E-state index contributed by atoms with van der Waals surface area (Å²) in [5.74, 6) is -1.56. The van der Waals surface area contributed by atoms with E-state index in [1.54, 1.807) is 6.92 Å². The second-order valence-electron chi connectivity index (χ2n) is 7.12. The van der Waals surface area contributed by atoms with E-state index in [2.05, 4.69) is 0 Å². The summed E-state index contributed by atoms with van der Waals surface area (Å²) in [5, 5.41) is 10.5. The maximum atomic E-state index is 13.2. The van der Waals surface area contributed by atoms with Gasteiger partial charge in [0.1, 0.15) is 11.1 Å². The van der Waals surface area contributed by atoms with Crippen molar-refractivity contribution in [2.45, 2.75) is 32.2 Å². The number of nitrogens with zero attached hydrogens (tertiary/aromatic N) is 1. The highest BCUT2D eigenvalue weighted by atomic mass is 35.5. The molecule has 0 aliphatic rings. The van der Waals surface area contributed by atoms with Crippen LogP contribution in [0.15, 0.2) is 36.4 Å². The number of phenols is 1. The van der Waals surface area contributed by atoms with Crippen LogP contribution in [-0.4, -0.2) is 54.7 Å². The fraction of sp³-hybridized carbons (Fsp3) is 0.391. The Labute approximate surface area is 198 Å². The molecule has 0 radical (unpaired) electrons. The van der Waals surface area contributed by atoms with Crippen molar-refractivity contribution < 1.29 is 24.2 Å². The number of ether oxygens (including phenoxy) is 2. The molecule has 0 aliphatic heterocycles. The standard InChI is InChI=1S/C23H28Cl2N2O5/c1-3-31-23(30)18(13-15-9-5-4-6-10-15)27(2)22(29)16-14-17(24)21(19(25)20(16)28)32-12-8-7-11-26/h4-6,9-10,14,18,28H,3,7-8,11-13,26H2,1-2H3/t18-/m1/s1. The molecule has 0 saturated carbocycles. The normalized spacial score (nSPS) is 11.7. The first-order chi connectivity index (χ1) is 15.3. The summed E-state index contributed by atoms with van der Waals surface area (Å²) >= 11 is 12.5. The molecule has 2 rings (SSSR count). The van der Waals surface area contributed by atoms with E-state index in [1.165, 1.54) is 18.0 Å². The minimum absolute atomic E-state index is 0.0769. The van der Waals surface area contributed by atoms with Crippen molar-refractivity contribution in [2.24, 2.45) is 5.73 Å². The van der Waals surface area contributed by atoms with Gasteiger partial charge in [0.05, 0.1) is 23.8 Å². The summed E-state index contributed by atoms with van der Waals surface area (Å²) in [5.41, 5.74) is 6.18. The Kier molecular flexibility index (Phi) is 10.1. The van der Waals surface area contributed by atoms with Crippen LogP contribution in [0.4, 0.5) is 0 Å². The Morgan fingerprint density at radius 1 is 1.19 bits per heavy atom. The molecular weight excluding hydrogens is 455 g/mol. The zero-order chi connectivity index (χ0) is 23.7. The van der Waals surface area contributed by atoms with Gasteiger partial charge in [0.15, 0.2) is 11.5 Å². The van der Waals surface area contributed by atoms with E-state index in [4.69, 9.17) is 38.4 Å². The highest BCUT2D eigenvalue weighted by Gasteiger charge is 2.32. The first kappa shape index (κ1) is 25.8. The molecule has 0 aromatic heterocycles. The maximum absolute atomic E-state index is 13.2. The van der Waals surface area contributed by atoms with Crippen molar-refractivity contribution >= 4 is 35.1 Å². The molecular formula is C23H28Cl2N2O5. The van der Waals surface area contributed by atoms with Crippen LogP contribution in [0.5, 0.6) is 11.5 Å². The fourth-order valence-electron chi connectivity index (χ4n) is 3.09.